The van der Waals surface area contributed by atoms with Crippen LogP contribution in [0.1, 0.15) is 29.9 Å². The van der Waals surface area contributed by atoms with Crippen molar-refractivity contribution in [2.75, 3.05) is 5.32 Å². The Labute approximate surface area is 145 Å². The minimum atomic E-state index is -0.215. The molecule has 0 fully saturated rings. The van der Waals surface area contributed by atoms with Crippen LogP contribution in [0.3, 0.4) is 0 Å². The Bertz CT molecular complexity index is 974. The number of benzene rings is 2. The van der Waals surface area contributed by atoms with Crippen LogP contribution in [0, 0.1) is 11.3 Å². The number of rotatable bonds is 4. The first-order valence-corrected chi connectivity index (χ1v) is 7.94. The molecule has 3 aromatic rings. The van der Waals surface area contributed by atoms with Crippen LogP contribution in [0.4, 0.5) is 5.69 Å². The van der Waals surface area contributed by atoms with Gasteiger partial charge in [-0.25, -0.2) is 4.98 Å². The predicted molar refractivity (Wildman–Crippen MR) is 96.6 cm³/mol. The summed E-state index contributed by atoms with van der Waals surface area (Å²) in [4.78, 5) is 16.7. The zero-order chi connectivity index (χ0) is 17.8. The molecule has 0 aliphatic heterocycles. The van der Waals surface area contributed by atoms with Crippen LogP contribution in [-0.2, 0) is 0 Å². The van der Waals surface area contributed by atoms with Gasteiger partial charge in [0, 0.05) is 22.7 Å². The predicted octanol–water partition coefficient (Wildman–Crippen LogP) is 4.15. The molecular formula is C20H17N3O2. The number of ether oxygens (including phenoxy) is 1. The second kappa shape index (κ2) is 7.02. The summed E-state index contributed by atoms with van der Waals surface area (Å²) >= 11 is 0. The second-order valence-electron chi connectivity index (χ2n) is 5.86. The van der Waals surface area contributed by atoms with E-state index in [-0.39, 0.29) is 12.0 Å². The van der Waals surface area contributed by atoms with Crippen LogP contribution < -0.4 is 10.1 Å². The molecule has 0 aliphatic carbocycles. The van der Waals surface area contributed by atoms with Crippen molar-refractivity contribution in [3.63, 3.8) is 0 Å². The first-order valence-electron chi connectivity index (χ1n) is 7.94. The largest absolute Gasteiger partial charge is 0.491 e. The Balaban J connectivity index is 1.81. The highest BCUT2D eigenvalue weighted by molar-refractivity contribution is 6.06. The number of nitriles is 1. The van der Waals surface area contributed by atoms with E-state index in [4.69, 9.17) is 10.00 Å². The Morgan fingerprint density at radius 3 is 2.76 bits per heavy atom. The third-order valence-corrected chi connectivity index (χ3v) is 3.53. The van der Waals surface area contributed by atoms with E-state index in [1.54, 1.807) is 36.4 Å². The zero-order valence-corrected chi connectivity index (χ0v) is 14.0. The lowest BCUT2D eigenvalue weighted by Crippen LogP contribution is -2.12. The average Bonchev–Trinajstić information content (AvgIpc) is 2.60. The summed E-state index contributed by atoms with van der Waals surface area (Å²) in [6.07, 6.45) is 0.0669. The fourth-order valence-corrected chi connectivity index (χ4v) is 2.45. The van der Waals surface area contributed by atoms with Crippen LogP contribution in [-0.4, -0.2) is 17.0 Å². The highest BCUT2D eigenvalue weighted by Crippen LogP contribution is 2.20. The lowest BCUT2D eigenvalue weighted by atomic mass is 10.1. The maximum Gasteiger partial charge on any atom is 0.255 e. The summed E-state index contributed by atoms with van der Waals surface area (Å²) in [6, 6.07) is 17.9. The van der Waals surface area contributed by atoms with Gasteiger partial charge >= 0.3 is 0 Å². The standard InChI is InChI=1S/C20H17N3O2/c1-13(2)25-18-5-3-4-16(11-18)23-20(24)15-7-9-19-14(10-15)6-8-17(12-21)22-19/h3-11,13H,1-2H3,(H,23,24). The van der Waals surface area contributed by atoms with Crippen molar-refractivity contribution in [1.82, 2.24) is 4.98 Å². The maximum atomic E-state index is 12.5. The minimum Gasteiger partial charge on any atom is -0.491 e. The third kappa shape index (κ3) is 3.93. The Kier molecular flexibility index (Phi) is 4.62. The van der Waals surface area contributed by atoms with E-state index in [2.05, 4.69) is 10.3 Å². The smallest absolute Gasteiger partial charge is 0.255 e. The molecule has 0 saturated heterocycles. The molecule has 0 unspecified atom stereocenters. The quantitative estimate of drug-likeness (QED) is 0.779. The van der Waals surface area contributed by atoms with Gasteiger partial charge in [-0.2, -0.15) is 5.26 Å². The summed E-state index contributed by atoms with van der Waals surface area (Å²) in [6.45, 7) is 3.90. The van der Waals surface area contributed by atoms with Gasteiger partial charge in [0.05, 0.1) is 11.6 Å². The number of carbonyl (C=O) groups is 1. The van der Waals surface area contributed by atoms with Gasteiger partial charge in [0.2, 0.25) is 0 Å². The molecule has 2 aromatic carbocycles. The second-order valence-corrected chi connectivity index (χ2v) is 5.86. The molecule has 0 radical (unpaired) electrons. The fourth-order valence-electron chi connectivity index (χ4n) is 2.45. The van der Waals surface area contributed by atoms with E-state index in [9.17, 15) is 4.79 Å². The number of nitrogens with one attached hydrogen (secondary N) is 1. The number of pyridine rings is 1. The van der Waals surface area contributed by atoms with E-state index >= 15 is 0 Å². The average molecular weight is 331 g/mol. The molecule has 0 atom stereocenters. The Morgan fingerprint density at radius 1 is 1.16 bits per heavy atom. The summed E-state index contributed by atoms with van der Waals surface area (Å²) in [5.74, 6) is 0.493. The first kappa shape index (κ1) is 16.5. The molecule has 3 rings (SSSR count). The van der Waals surface area contributed by atoms with Crippen LogP contribution in [0.15, 0.2) is 54.6 Å². The number of aromatic nitrogens is 1. The Hall–Kier alpha value is -3.39. The molecule has 1 heterocycles. The summed E-state index contributed by atoms with van der Waals surface area (Å²) < 4.78 is 5.64. The van der Waals surface area contributed by atoms with Gasteiger partial charge in [-0.15, -0.1) is 0 Å². The van der Waals surface area contributed by atoms with Crippen molar-refractivity contribution < 1.29 is 9.53 Å². The van der Waals surface area contributed by atoms with Crippen LogP contribution in [0.2, 0.25) is 0 Å². The van der Waals surface area contributed by atoms with Crippen molar-refractivity contribution in [1.29, 1.82) is 5.26 Å². The van der Waals surface area contributed by atoms with Crippen molar-refractivity contribution in [2.24, 2.45) is 0 Å². The SMILES string of the molecule is CC(C)Oc1cccc(NC(=O)c2ccc3nc(C#N)ccc3c2)c1. The zero-order valence-electron chi connectivity index (χ0n) is 14.0. The van der Waals surface area contributed by atoms with Gasteiger partial charge in [0.15, 0.2) is 0 Å². The molecule has 0 saturated carbocycles. The van der Waals surface area contributed by atoms with Crippen LogP contribution >= 0.6 is 0 Å². The molecule has 0 aliphatic rings. The first-order chi connectivity index (χ1) is 12.0. The molecular weight excluding hydrogens is 314 g/mol. The summed E-state index contributed by atoms with van der Waals surface area (Å²) in [7, 11) is 0. The van der Waals surface area contributed by atoms with Crippen LogP contribution in [0.5, 0.6) is 5.75 Å². The normalized spacial score (nSPS) is 10.5. The van der Waals surface area contributed by atoms with Gasteiger partial charge in [-0.3, -0.25) is 4.79 Å². The fraction of sp³-hybridized carbons (Fsp3) is 0.150. The molecule has 5 nitrogen and oxygen atoms in total. The summed E-state index contributed by atoms with van der Waals surface area (Å²) in [5, 5.41) is 12.6. The highest BCUT2D eigenvalue weighted by Gasteiger charge is 2.09. The molecule has 124 valence electrons. The van der Waals surface area contributed by atoms with Crippen LogP contribution in [0.25, 0.3) is 10.9 Å². The molecule has 1 amide bonds. The van der Waals surface area contributed by atoms with Gasteiger partial charge in [0.1, 0.15) is 17.5 Å². The number of carbonyl (C=O) groups excluding carboxylic acids is 1. The number of fused-ring (bicyclic) bond motifs is 1. The van der Waals surface area contributed by atoms with Gasteiger partial charge in [-0.05, 0) is 56.3 Å². The molecule has 1 N–H and O–H groups in total. The molecule has 25 heavy (non-hydrogen) atoms. The van der Waals surface area contributed by atoms with Crippen molar-refractivity contribution >= 4 is 22.5 Å². The molecule has 0 spiro atoms. The monoisotopic (exact) mass is 331 g/mol. The molecule has 5 heteroatoms. The Morgan fingerprint density at radius 2 is 2.00 bits per heavy atom. The molecule has 0 bridgehead atoms. The number of anilines is 1. The number of hydrogen-bond donors (Lipinski definition) is 1. The van der Waals surface area contributed by atoms with Crippen molar-refractivity contribution in [3.05, 3.63) is 65.9 Å². The van der Waals surface area contributed by atoms with E-state index < -0.39 is 0 Å². The minimum absolute atomic E-state index is 0.0669. The summed E-state index contributed by atoms with van der Waals surface area (Å²) in [5.41, 5.74) is 2.23. The topological polar surface area (TPSA) is 75.0 Å². The highest BCUT2D eigenvalue weighted by atomic mass is 16.5. The van der Waals surface area contributed by atoms with Gasteiger partial charge in [-0.1, -0.05) is 6.07 Å². The third-order valence-electron chi connectivity index (χ3n) is 3.53. The number of amides is 1. The lowest BCUT2D eigenvalue weighted by Gasteiger charge is -2.11. The van der Waals surface area contributed by atoms with Gasteiger partial charge in [0.25, 0.3) is 5.91 Å². The van der Waals surface area contributed by atoms with E-state index in [0.717, 1.165) is 5.39 Å². The van der Waals surface area contributed by atoms with Crippen molar-refractivity contribution in [3.8, 4) is 11.8 Å². The maximum absolute atomic E-state index is 12.5. The van der Waals surface area contributed by atoms with E-state index in [1.807, 2.05) is 38.1 Å². The number of hydrogen-bond acceptors (Lipinski definition) is 4. The lowest BCUT2D eigenvalue weighted by molar-refractivity contribution is 0.102. The van der Waals surface area contributed by atoms with Gasteiger partial charge < -0.3 is 10.1 Å². The number of nitrogens with zero attached hydrogens (tertiary/aromatic N) is 2. The van der Waals surface area contributed by atoms with E-state index in [1.165, 1.54) is 0 Å². The van der Waals surface area contributed by atoms with Crippen molar-refractivity contribution in [2.45, 2.75) is 20.0 Å². The van der Waals surface area contributed by atoms with E-state index in [0.29, 0.717) is 28.2 Å². The molecule has 1 aromatic heterocycles.